The van der Waals surface area contributed by atoms with Crippen molar-refractivity contribution in [1.82, 2.24) is 15.0 Å². The second kappa shape index (κ2) is 6.57. The fourth-order valence-electron chi connectivity index (χ4n) is 3.39. The molecule has 7 nitrogen and oxygen atoms in total. The molecule has 1 N–H and O–H groups in total. The minimum atomic E-state index is -0.427. The van der Waals surface area contributed by atoms with Crippen LogP contribution in [0.5, 0.6) is 0 Å². The van der Waals surface area contributed by atoms with Crippen LogP contribution in [0.25, 0.3) is 0 Å². The van der Waals surface area contributed by atoms with Crippen LogP contribution < -0.4 is 0 Å². The van der Waals surface area contributed by atoms with Crippen molar-refractivity contribution in [3.63, 3.8) is 0 Å². The summed E-state index contributed by atoms with van der Waals surface area (Å²) in [5.41, 5.74) is 0.441. The summed E-state index contributed by atoms with van der Waals surface area (Å²) < 4.78 is 12.6. The van der Waals surface area contributed by atoms with Crippen molar-refractivity contribution >= 4 is 5.97 Å². The number of aromatic nitrogens is 3. The molecule has 0 spiro atoms. The Morgan fingerprint density at radius 3 is 2.74 bits per heavy atom. The number of rotatable bonds is 5. The first-order chi connectivity index (χ1) is 11.0. The second-order valence-electron chi connectivity index (χ2n) is 7.33. The number of carbonyl (C=O) groups excluding carboxylic acids is 1. The Labute approximate surface area is 136 Å². The summed E-state index contributed by atoms with van der Waals surface area (Å²) in [5, 5.41) is 17.4. The molecule has 128 valence electrons. The Bertz CT molecular complexity index is 549. The van der Waals surface area contributed by atoms with Crippen molar-refractivity contribution in [3.05, 3.63) is 11.9 Å². The topological polar surface area (TPSA) is 86.5 Å². The van der Waals surface area contributed by atoms with E-state index < -0.39 is 6.04 Å². The van der Waals surface area contributed by atoms with E-state index in [2.05, 4.69) is 10.3 Å². The molecule has 1 aromatic heterocycles. The molecule has 1 aromatic rings. The van der Waals surface area contributed by atoms with Gasteiger partial charge >= 0.3 is 5.97 Å². The fourth-order valence-corrected chi connectivity index (χ4v) is 3.39. The van der Waals surface area contributed by atoms with Gasteiger partial charge in [0.15, 0.2) is 6.04 Å². The first-order valence-corrected chi connectivity index (χ1v) is 8.29. The largest absolute Gasteiger partial charge is 0.463 e. The molecule has 1 atom stereocenters. The molecule has 1 saturated heterocycles. The molecule has 2 heterocycles. The fraction of sp³-hybridized carbons (Fsp3) is 0.812. The zero-order valence-electron chi connectivity index (χ0n) is 13.8. The molecule has 7 heteroatoms. The highest BCUT2D eigenvalue weighted by Gasteiger charge is 2.45. The van der Waals surface area contributed by atoms with Gasteiger partial charge in [0.05, 0.1) is 25.5 Å². The third-order valence-electron chi connectivity index (χ3n) is 4.89. The quantitative estimate of drug-likeness (QED) is 0.826. The van der Waals surface area contributed by atoms with Gasteiger partial charge in [-0.2, -0.15) is 0 Å². The normalized spacial score (nSPS) is 30.4. The molecule has 1 saturated carbocycles. The molecular weight excluding hydrogens is 298 g/mol. The number of ether oxygens (including phenoxy) is 2. The molecule has 0 radical (unpaired) electrons. The zero-order chi connectivity index (χ0) is 16.4. The van der Waals surface area contributed by atoms with Crippen LogP contribution in [0.4, 0.5) is 0 Å². The van der Waals surface area contributed by atoms with Gasteiger partial charge in [0.2, 0.25) is 0 Å². The number of aliphatic hydroxyl groups excluding tert-OH is 1. The summed E-state index contributed by atoms with van der Waals surface area (Å²) in [6, 6.07) is -0.427. The highest BCUT2D eigenvalue weighted by atomic mass is 16.5. The Hall–Kier alpha value is -1.47. The van der Waals surface area contributed by atoms with Crippen LogP contribution in [0.15, 0.2) is 6.20 Å². The van der Waals surface area contributed by atoms with Crippen molar-refractivity contribution in [2.45, 2.75) is 58.3 Å². The first kappa shape index (κ1) is 16.4. The van der Waals surface area contributed by atoms with Crippen LogP contribution >= 0.6 is 0 Å². The van der Waals surface area contributed by atoms with E-state index in [1.165, 1.54) is 0 Å². The summed E-state index contributed by atoms with van der Waals surface area (Å²) in [6.45, 7) is 5.04. The molecule has 2 aliphatic rings. The molecule has 3 rings (SSSR count). The van der Waals surface area contributed by atoms with Crippen molar-refractivity contribution < 1.29 is 19.4 Å². The molecule has 1 aliphatic heterocycles. The molecule has 23 heavy (non-hydrogen) atoms. The van der Waals surface area contributed by atoms with E-state index in [1.807, 2.05) is 13.8 Å². The monoisotopic (exact) mass is 323 g/mol. The van der Waals surface area contributed by atoms with Crippen LogP contribution in [0.1, 0.15) is 51.3 Å². The lowest BCUT2D eigenvalue weighted by Crippen LogP contribution is -2.28. The van der Waals surface area contributed by atoms with Crippen molar-refractivity contribution in [2.75, 3.05) is 13.2 Å². The van der Waals surface area contributed by atoms with Crippen molar-refractivity contribution in [3.8, 4) is 0 Å². The van der Waals surface area contributed by atoms with Crippen LogP contribution in [0.2, 0.25) is 0 Å². The Balaban J connectivity index is 1.55. The Kier molecular flexibility index (Phi) is 4.68. The number of nitrogens with zero attached hydrogens (tertiary/aromatic N) is 3. The lowest BCUT2D eigenvalue weighted by molar-refractivity contribution is -0.141. The standard InChI is InChI=1S/C16H25N3O4/c1-16(2)10-23-15(21)14(16)19-7-12(17-18-19)9-22-13-5-3-11(8-20)4-6-13/h7,11,13-14,20H,3-6,8-10H2,1-2H3. The van der Waals surface area contributed by atoms with Gasteiger partial charge in [-0.1, -0.05) is 19.1 Å². The van der Waals surface area contributed by atoms with Gasteiger partial charge in [-0.3, -0.25) is 0 Å². The summed E-state index contributed by atoms with van der Waals surface area (Å²) >= 11 is 0. The third-order valence-corrected chi connectivity index (χ3v) is 4.89. The van der Waals surface area contributed by atoms with Gasteiger partial charge in [-0.05, 0) is 31.6 Å². The van der Waals surface area contributed by atoms with Gasteiger partial charge in [0, 0.05) is 12.0 Å². The molecule has 0 amide bonds. The molecule has 0 bridgehead atoms. The predicted molar refractivity (Wildman–Crippen MR) is 81.4 cm³/mol. The van der Waals surface area contributed by atoms with Crippen LogP contribution in [-0.2, 0) is 20.9 Å². The van der Waals surface area contributed by atoms with E-state index in [-0.39, 0.29) is 24.1 Å². The van der Waals surface area contributed by atoms with Gasteiger partial charge < -0.3 is 14.6 Å². The number of hydrogen-bond donors (Lipinski definition) is 1. The van der Waals surface area contributed by atoms with E-state index in [4.69, 9.17) is 14.6 Å². The minimum absolute atomic E-state index is 0.218. The number of cyclic esters (lactones) is 1. The zero-order valence-corrected chi connectivity index (χ0v) is 13.8. The van der Waals surface area contributed by atoms with Gasteiger partial charge in [-0.15, -0.1) is 5.10 Å². The highest BCUT2D eigenvalue weighted by Crippen LogP contribution is 2.37. The molecule has 0 aromatic carbocycles. The molecule has 1 unspecified atom stereocenters. The van der Waals surface area contributed by atoms with E-state index in [9.17, 15) is 4.79 Å². The second-order valence-corrected chi connectivity index (χ2v) is 7.33. The number of carbonyl (C=O) groups is 1. The summed E-state index contributed by atoms with van der Waals surface area (Å²) in [6.07, 6.45) is 5.96. The van der Waals surface area contributed by atoms with Crippen molar-refractivity contribution in [2.24, 2.45) is 11.3 Å². The van der Waals surface area contributed by atoms with Crippen LogP contribution in [0.3, 0.4) is 0 Å². The van der Waals surface area contributed by atoms with Gasteiger partial charge in [0.1, 0.15) is 5.69 Å². The van der Waals surface area contributed by atoms with Crippen molar-refractivity contribution in [1.29, 1.82) is 0 Å². The maximum atomic E-state index is 11.9. The average molecular weight is 323 g/mol. The Morgan fingerprint density at radius 2 is 2.13 bits per heavy atom. The third kappa shape index (κ3) is 3.55. The lowest BCUT2D eigenvalue weighted by Gasteiger charge is -2.27. The molecule has 1 aliphatic carbocycles. The van der Waals surface area contributed by atoms with Gasteiger partial charge in [0.25, 0.3) is 0 Å². The van der Waals surface area contributed by atoms with Gasteiger partial charge in [-0.25, -0.2) is 9.48 Å². The minimum Gasteiger partial charge on any atom is -0.463 e. The maximum absolute atomic E-state index is 11.9. The average Bonchev–Trinajstić information content (AvgIpc) is 3.09. The van der Waals surface area contributed by atoms with E-state index >= 15 is 0 Å². The maximum Gasteiger partial charge on any atom is 0.331 e. The Morgan fingerprint density at radius 1 is 1.39 bits per heavy atom. The van der Waals surface area contributed by atoms with Crippen LogP contribution in [-0.4, -0.2) is 45.4 Å². The summed E-state index contributed by atoms with van der Waals surface area (Å²) in [5.74, 6) is 0.168. The summed E-state index contributed by atoms with van der Waals surface area (Å²) in [7, 11) is 0. The first-order valence-electron chi connectivity index (χ1n) is 8.29. The summed E-state index contributed by atoms with van der Waals surface area (Å²) in [4.78, 5) is 11.9. The van der Waals surface area contributed by atoms with E-state index in [0.29, 0.717) is 19.1 Å². The van der Waals surface area contributed by atoms with Crippen LogP contribution in [0, 0.1) is 11.3 Å². The number of hydrogen-bond acceptors (Lipinski definition) is 6. The van der Waals surface area contributed by atoms with E-state index in [0.717, 1.165) is 31.4 Å². The lowest BCUT2D eigenvalue weighted by atomic mass is 9.88. The smallest absolute Gasteiger partial charge is 0.331 e. The number of aliphatic hydroxyl groups is 1. The SMILES string of the molecule is CC1(C)COC(=O)C1n1cc(COC2CCC(CO)CC2)nn1. The van der Waals surface area contributed by atoms with E-state index in [1.54, 1.807) is 10.9 Å². The number of esters is 1. The molecular formula is C16H25N3O4. The predicted octanol–water partition coefficient (Wildman–Crippen LogP) is 1.47. The molecule has 2 fully saturated rings. The highest BCUT2D eigenvalue weighted by molar-refractivity contribution is 5.77.